The molecule has 0 fully saturated rings. The maximum Gasteiger partial charge on any atom is 0.261 e. The molecule has 2 aromatic carbocycles. The lowest BCUT2D eigenvalue weighted by molar-refractivity contribution is -0.129. The number of hydrogen-bond acceptors (Lipinski definition) is 3. The topological polar surface area (TPSA) is 47.6 Å². The summed E-state index contributed by atoms with van der Waals surface area (Å²) in [5.41, 5.74) is 4.06. The number of ether oxygens (including phenoxy) is 2. The second-order valence-corrected chi connectivity index (χ2v) is 8.38. The van der Waals surface area contributed by atoms with Crippen molar-refractivity contribution in [2.75, 3.05) is 0 Å². The predicted octanol–water partition coefficient (Wildman–Crippen LogP) is 5.19. The molecule has 3 rings (SSSR count). The van der Waals surface area contributed by atoms with E-state index in [4.69, 9.17) is 9.47 Å². The van der Waals surface area contributed by atoms with Crippen molar-refractivity contribution < 1.29 is 14.3 Å². The van der Waals surface area contributed by atoms with Crippen LogP contribution in [0.2, 0.25) is 0 Å². The quantitative estimate of drug-likeness (QED) is 0.775. The minimum Gasteiger partial charge on any atom is -0.487 e. The summed E-state index contributed by atoms with van der Waals surface area (Å²) in [6.45, 7) is 12.2. The van der Waals surface area contributed by atoms with Gasteiger partial charge in [0, 0.05) is 12.0 Å². The second kappa shape index (κ2) is 7.86. The highest BCUT2D eigenvalue weighted by Gasteiger charge is 2.35. The highest BCUT2D eigenvalue weighted by atomic mass is 16.5. The number of aryl methyl sites for hydroxylation is 2. The largest absolute Gasteiger partial charge is 0.487 e. The molecule has 0 saturated carbocycles. The van der Waals surface area contributed by atoms with E-state index >= 15 is 0 Å². The highest BCUT2D eigenvalue weighted by Crippen LogP contribution is 2.40. The van der Waals surface area contributed by atoms with E-state index in [2.05, 4.69) is 31.3 Å². The molecule has 1 heterocycles. The molecule has 28 heavy (non-hydrogen) atoms. The lowest BCUT2D eigenvalue weighted by Gasteiger charge is -2.38. The normalized spacial score (nSPS) is 18.6. The first kappa shape index (κ1) is 20.2. The molecule has 1 amide bonds. The zero-order valence-electron chi connectivity index (χ0n) is 17.8. The molecule has 0 bridgehead atoms. The predicted molar refractivity (Wildman–Crippen MR) is 112 cm³/mol. The lowest BCUT2D eigenvalue weighted by atomic mass is 9.89. The number of hydrogen-bond donors (Lipinski definition) is 1. The second-order valence-electron chi connectivity index (χ2n) is 8.38. The van der Waals surface area contributed by atoms with Crippen LogP contribution in [0.15, 0.2) is 36.4 Å². The molecule has 0 saturated heterocycles. The zero-order valence-corrected chi connectivity index (χ0v) is 17.8. The molecule has 1 aliphatic rings. The molecule has 150 valence electrons. The minimum atomic E-state index is -0.527. The summed E-state index contributed by atoms with van der Waals surface area (Å²) in [6, 6.07) is 12.0. The Morgan fingerprint density at radius 3 is 2.71 bits per heavy atom. The van der Waals surface area contributed by atoms with E-state index < -0.39 is 6.10 Å². The maximum absolute atomic E-state index is 13.1. The Morgan fingerprint density at radius 1 is 1.25 bits per heavy atom. The molecule has 0 spiro atoms. The van der Waals surface area contributed by atoms with Crippen molar-refractivity contribution in [3.05, 3.63) is 58.7 Å². The average Bonchev–Trinajstić information content (AvgIpc) is 2.61. The molecular weight excluding hydrogens is 350 g/mol. The Hall–Kier alpha value is -2.49. The molecule has 4 heteroatoms. The molecule has 4 nitrogen and oxygen atoms in total. The summed E-state index contributed by atoms with van der Waals surface area (Å²) < 4.78 is 12.2. The van der Waals surface area contributed by atoms with Gasteiger partial charge in [0.2, 0.25) is 0 Å². The maximum atomic E-state index is 13.1. The van der Waals surface area contributed by atoms with Crippen molar-refractivity contribution in [1.29, 1.82) is 0 Å². The van der Waals surface area contributed by atoms with Gasteiger partial charge in [-0.3, -0.25) is 4.79 Å². The smallest absolute Gasteiger partial charge is 0.261 e. The average molecular weight is 382 g/mol. The molecular formula is C24H31NO3. The van der Waals surface area contributed by atoms with Crippen LogP contribution in [0.1, 0.15) is 61.9 Å². The number of fused-ring (bicyclic) bond motifs is 1. The van der Waals surface area contributed by atoms with Gasteiger partial charge in [0.25, 0.3) is 5.91 Å². The Balaban J connectivity index is 1.80. The van der Waals surface area contributed by atoms with Gasteiger partial charge in [-0.25, -0.2) is 0 Å². The van der Waals surface area contributed by atoms with Crippen LogP contribution in [0.4, 0.5) is 0 Å². The van der Waals surface area contributed by atoms with Crippen molar-refractivity contribution in [3.63, 3.8) is 0 Å². The lowest BCUT2D eigenvalue weighted by Crippen LogP contribution is -2.45. The Morgan fingerprint density at radius 2 is 2.00 bits per heavy atom. The Kier molecular flexibility index (Phi) is 5.69. The van der Waals surface area contributed by atoms with E-state index in [1.165, 1.54) is 0 Å². The van der Waals surface area contributed by atoms with Crippen LogP contribution in [0.3, 0.4) is 0 Å². The number of carbonyl (C=O) groups excluding carboxylic acids is 1. The summed E-state index contributed by atoms with van der Waals surface area (Å²) in [5.74, 6) is 1.54. The van der Waals surface area contributed by atoms with Gasteiger partial charge in [-0.2, -0.15) is 0 Å². The van der Waals surface area contributed by atoms with Crippen LogP contribution in [0, 0.1) is 20.8 Å². The van der Waals surface area contributed by atoms with Crippen molar-refractivity contribution >= 4 is 5.91 Å². The van der Waals surface area contributed by atoms with Crippen LogP contribution in [0.25, 0.3) is 0 Å². The molecule has 0 aromatic heterocycles. The van der Waals surface area contributed by atoms with Crippen LogP contribution in [-0.4, -0.2) is 17.6 Å². The van der Waals surface area contributed by atoms with E-state index in [1.54, 1.807) is 0 Å². The van der Waals surface area contributed by atoms with E-state index in [0.717, 1.165) is 33.8 Å². The summed E-state index contributed by atoms with van der Waals surface area (Å²) in [5, 5.41) is 3.21. The van der Waals surface area contributed by atoms with Crippen molar-refractivity contribution in [2.24, 2.45) is 0 Å². The summed E-state index contributed by atoms with van der Waals surface area (Å²) in [6.07, 6.45) is 0.793. The molecule has 1 N–H and O–H groups in total. The van der Waals surface area contributed by atoms with Crippen molar-refractivity contribution in [3.8, 4) is 11.5 Å². The summed E-state index contributed by atoms with van der Waals surface area (Å²) in [4.78, 5) is 13.1. The number of carbonyl (C=O) groups is 1. The van der Waals surface area contributed by atoms with Crippen LogP contribution >= 0.6 is 0 Å². The number of amides is 1. The Labute approximate surface area is 168 Å². The third kappa shape index (κ3) is 4.32. The van der Waals surface area contributed by atoms with E-state index in [1.807, 2.05) is 52.0 Å². The standard InChI is InChI=1S/C24H31NO3/c1-7-20(27-21-10-8-9-16(3)17(21)4)23(26)25-19-14-24(5,6)28-22-13-15(2)11-12-18(19)22/h8-13,19-20H,7,14H2,1-6H3,(H,25,26)/t19-,20+/m0/s1. The minimum absolute atomic E-state index is 0.0855. The first-order valence-electron chi connectivity index (χ1n) is 10.0. The van der Waals surface area contributed by atoms with Crippen molar-refractivity contribution in [1.82, 2.24) is 5.32 Å². The fourth-order valence-electron chi connectivity index (χ4n) is 3.68. The molecule has 0 radical (unpaired) electrons. The summed E-state index contributed by atoms with van der Waals surface area (Å²) in [7, 11) is 0. The van der Waals surface area contributed by atoms with Gasteiger partial charge in [-0.15, -0.1) is 0 Å². The molecule has 1 aliphatic heterocycles. The highest BCUT2D eigenvalue weighted by molar-refractivity contribution is 5.81. The van der Waals surface area contributed by atoms with E-state index in [-0.39, 0.29) is 17.6 Å². The third-order valence-electron chi connectivity index (χ3n) is 5.43. The van der Waals surface area contributed by atoms with Gasteiger partial charge < -0.3 is 14.8 Å². The SMILES string of the molecule is CC[C@@H](Oc1cccc(C)c1C)C(=O)N[C@H]1CC(C)(C)Oc2cc(C)ccc21. The van der Waals surface area contributed by atoms with Crippen LogP contribution < -0.4 is 14.8 Å². The van der Waals surface area contributed by atoms with Gasteiger partial charge >= 0.3 is 0 Å². The first-order valence-corrected chi connectivity index (χ1v) is 10.0. The van der Waals surface area contributed by atoms with Crippen LogP contribution in [-0.2, 0) is 4.79 Å². The zero-order chi connectivity index (χ0) is 20.5. The van der Waals surface area contributed by atoms with Gasteiger partial charge in [-0.05, 0) is 69.9 Å². The monoisotopic (exact) mass is 381 g/mol. The number of nitrogens with one attached hydrogen (secondary N) is 1. The number of rotatable bonds is 5. The molecule has 0 aliphatic carbocycles. The van der Waals surface area contributed by atoms with Gasteiger partial charge in [-0.1, -0.05) is 31.2 Å². The van der Waals surface area contributed by atoms with Gasteiger partial charge in [0.05, 0.1) is 6.04 Å². The Bertz CT molecular complexity index is 872. The molecule has 2 aromatic rings. The number of benzene rings is 2. The first-order chi connectivity index (χ1) is 13.2. The summed E-state index contributed by atoms with van der Waals surface area (Å²) >= 11 is 0. The van der Waals surface area contributed by atoms with Crippen LogP contribution in [0.5, 0.6) is 11.5 Å². The van der Waals surface area contributed by atoms with Crippen molar-refractivity contribution in [2.45, 2.75) is 72.1 Å². The van der Waals surface area contributed by atoms with Gasteiger partial charge in [0.1, 0.15) is 17.1 Å². The molecule has 0 unspecified atom stereocenters. The fraction of sp³-hybridized carbons (Fsp3) is 0.458. The third-order valence-corrected chi connectivity index (χ3v) is 5.43. The molecule has 2 atom stereocenters. The van der Waals surface area contributed by atoms with E-state index in [9.17, 15) is 4.79 Å². The van der Waals surface area contributed by atoms with E-state index in [0.29, 0.717) is 12.8 Å². The van der Waals surface area contributed by atoms with Gasteiger partial charge in [0.15, 0.2) is 6.10 Å². The fourth-order valence-corrected chi connectivity index (χ4v) is 3.68.